The second-order valence-corrected chi connectivity index (χ2v) is 3.84. The Morgan fingerprint density at radius 2 is 2.29 bits per heavy atom. The van der Waals surface area contributed by atoms with E-state index in [0.717, 1.165) is 0 Å². The molecular formula is C8H10INO4. The molecule has 0 unspecified atom stereocenters. The third-order valence-electron chi connectivity index (χ3n) is 1.52. The molecule has 0 aliphatic heterocycles. The maximum Gasteiger partial charge on any atom is 0.333 e. The normalized spacial score (nSPS) is 10.1. The lowest BCUT2D eigenvalue weighted by Gasteiger charge is -2.05. The van der Waals surface area contributed by atoms with Crippen LogP contribution in [0.25, 0.3) is 0 Å². The Bertz CT molecular complexity index is 347. The van der Waals surface area contributed by atoms with Crippen molar-refractivity contribution in [2.75, 3.05) is 0 Å². The van der Waals surface area contributed by atoms with Gasteiger partial charge in [-0.05, 0) is 29.0 Å². The second-order valence-electron chi connectivity index (χ2n) is 2.68. The standard InChI is InChI=1S/C8H10INO4/c1-2-3-7(12)14-10-6(11)4-5(9)8(10)13/h4,11,13H,2-3H2,1H3. The third-order valence-corrected chi connectivity index (χ3v) is 2.31. The number of carbonyl (C=O) groups is 1. The first-order chi connectivity index (χ1) is 6.56. The molecule has 14 heavy (non-hydrogen) atoms. The first kappa shape index (κ1) is 11.2. The number of halogens is 1. The number of aromatic hydroxyl groups is 2. The van der Waals surface area contributed by atoms with Gasteiger partial charge in [-0.15, -0.1) is 4.73 Å². The van der Waals surface area contributed by atoms with E-state index < -0.39 is 5.97 Å². The number of nitrogens with zero attached hydrogens (tertiary/aromatic N) is 1. The molecular weight excluding hydrogens is 301 g/mol. The van der Waals surface area contributed by atoms with E-state index >= 15 is 0 Å². The van der Waals surface area contributed by atoms with E-state index in [4.69, 9.17) is 4.84 Å². The molecule has 1 rings (SSSR count). The topological polar surface area (TPSA) is 71.7 Å². The molecule has 0 saturated heterocycles. The van der Waals surface area contributed by atoms with Gasteiger partial charge in [0, 0.05) is 12.5 Å². The molecule has 78 valence electrons. The molecule has 1 heterocycles. The van der Waals surface area contributed by atoms with E-state index in [1.165, 1.54) is 6.07 Å². The first-order valence-electron chi connectivity index (χ1n) is 4.06. The Kier molecular flexibility index (Phi) is 3.62. The Labute approximate surface area is 94.4 Å². The van der Waals surface area contributed by atoms with Crippen molar-refractivity contribution in [3.8, 4) is 11.8 Å². The lowest BCUT2D eigenvalue weighted by molar-refractivity contribution is -0.145. The van der Waals surface area contributed by atoms with Crippen LogP contribution >= 0.6 is 22.6 Å². The van der Waals surface area contributed by atoms with Gasteiger partial charge in [-0.2, -0.15) is 0 Å². The summed E-state index contributed by atoms with van der Waals surface area (Å²) in [6.45, 7) is 1.83. The number of hydrogen-bond donors (Lipinski definition) is 2. The number of hydrogen-bond acceptors (Lipinski definition) is 4. The van der Waals surface area contributed by atoms with E-state index in [2.05, 4.69) is 0 Å². The predicted molar refractivity (Wildman–Crippen MR) is 57.0 cm³/mol. The molecule has 0 atom stereocenters. The molecule has 1 aromatic rings. The molecule has 0 fully saturated rings. The minimum Gasteiger partial charge on any atom is -0.492 e. The van der Waals surface area contributed by atoms with Crippen molar-refractivity contribution in [1.29, 1.82) is 0 Å². The van der Waals surface area contributed by atoms with Crippen molar-refractivity contribution in [3.63, 3.8) is 0 Å². The molecule has 0 bridgehead atoms. The van der Waals surface area contributed by atoms with Gasteiger partial charge in [-0.25, -0.2) is 4.79 Å². The zero-order chi connectivity index (χ0) is 10.7. The molecule has 0 spiro atoms. The van der Waals surface area contributed by atoms with Crippen LogP contribution in [-0.4, -0.2) is 20.9 Å². The fraction of sp³-hybridized carbons (Fsp3) is 0.375. The van der Waals surface area contributed by atoms with Crippen LogP contribution in [0.4, 0.5) is 0 Å². The summed E-state index contributed by atoms with van der Waals surface area (Å²) >= 11 is 1.82. The molecule has 6 heteroatoms. The van der Waals surface area contributed by atoms with Crippen LogP contribution in [0.2, 0.25) is 0 Å². The van der Waals surface area contributed by atoms with E-state index in [1.807, 2.05) is 29.5 Å². The van der Waals surface area contributed by atoms with Crippen LogP contribution in [0.5, 0.6) is 11.8 Å². The van der Waals surface area contributed by atoms with Crippen LogP contribution in [0, 0.1) is 3.57 Å². The quantitative estimate of drug-likeness (QED) is 0.825. The average molecular weight is 311 g/mol. The van der Waals surface area contributed by atoms with E-state index in [1.54, 1.807) is 0 Å². The van der Waals surface area contributed by atoms with Crippen molar-refractivity contribution in [2.24, 2.45) is 0 Å². The van der Waals surface area contributed by atoms with E-state index in [0.29, 0.717) is 14.7 Å². The van der Waals surface area contributed by atoms with Gasteiger partial charge >= 0.3 is 5.97 Å². The molecule has 0 aliphatic rings. The van der Waals surface area contributed by atoms with Crippen molar-refractivity contribution < 1.29 is 19.8 Å². The van der Waals surface area contributed by atoms with E-state index in [9.17, 15) is 15.0 Å². The fourth-order valence-corrected chi connectivity index (χ4v) is 1.38. The first-order valence-corrected chi connectivity index (χ1v) is 5.14. The maximum atomic E-state index is 11.1. The summed E-state index contributed by atoms with van der Waals surface area (Å²) in [5, 5.41) is 18.6. The summed E-state index contributed by atoms with van der Waals surface area (Å²) in [6.07, 6.45) is 0.895. The van der Waals surface area contributed by atoms with Gasteiger partial charge in [-0.1, -0.05) is 6.92 Å². The SMILES string of the molecule is CCCC(=O)On1c(O)cc(I)c1O. The highest BCUT2D eigenvalue weighted by molar-refractivity contribution is 14.1. The van der Waals surface area contributed by atoms with Crippen LogP contribution in [0.15, 0.2) is 6.07 Å². The lowest BCUT2D eigenvalue weighted by Crippen LogP contribution is -2.18. The number of aromatic nitrogens is 1. The molecule has 0 aliphatic carbocycles. The third kappa shape index (κ3) is 2.31. The zero-order valence-corrected chi connectivity index (χ0v) is 9.69. The second kappa shape index (κ2) is 4.54. The number of carbonyl (C=O) groups excluding carboxylic acids is 1. The molecule has 1 aromatic heterocycles. The highest BCUT2D eigenvalue weighted by Crippen LogP contribution is 2.27. The molecule has 0 aromatic carbocycles. The maximum absolute atomic E-state index is 11.1. The van der Waals surface area contributed by atoms with Gasteiger partial charge in [0.25, 0.3) is 0 Å². The highest BCUT2D eigenvalue weighted by Gasteiger charge is 2.15. The Hall–Kier alpha value is -0.920. The smallest absolute Gasteiger partial charge is 0.333 e. The van der Waals surface area contributed by atoms with Gasteiger partial charge in [0.05, 0.1) is 3.57 Å². The van der Waals surface area contributed by atoms with Crippen LogP contribution < -0.4 is 4.84 Å². The van der Waals surface area contributed by atoms with Crippen LogP contribution in [-0.2, 0) is 4.79 Å². The van der Waals surface area contributed by atoms with Crippen molar-refractivity contribution in [1.82, 2.24) is 4.73 Å². The lowest BCUT2D eigenvalue weighted by atomic mass is 10.3. The summed E-state index contributed by atoms with van der Waals surface area (Å²) < 4.78 is 1.13. The molecule has 0 saturated carbocycles. The summed E-state index contributed by atoms with van der Waals surface area (Å²) in [5.74, 6) is -1.06. The minimum absolute atomic E-state index is 0.244. The summed E-state index contributed by atoms with van der Waals surface area (Å²) in [5.41, 5.74) is 0. The van der Waals surface area contributed by atoms with Crippen LogP contribution in [0.1, 0.15) is 19.8 Å². The van der Waals surface area contributed by atoms with Crippen molar-refractivity contribution in [2.45, 2.75) is 19.8 Å². The highest BCUT2D eigenvalue weighted by atomic mass is 127. The predicted octanol–water partition coefficient (Wildman–Crippen LogP) is 1.26. The largest absolute Gasteiger partial charge is 0.492 e. The van der Waals surface area contributed by atoms with Crippen molar-refractivity contribution >= 4 is 28.6 Å². The van der Waals surface area contributed by atoms with Gasteiger partial charge in [0.15, 0.2) is 0 Å². The average Bonchev–Trinajstić information content (AvgIpc) is 2.33. The number of rotatable bonds is 3. The monoisotopic (exact) mass is 311 g/mol. The van der Waals surface area contributed by atoms with Crippen molar-refractivity contribution in [3.05, 3.63) is 9.64 Å². The molecule has 0 amide bonds. The summed E-state index contributed by atoms with van der Waals surface area (Å²) in [4.78, 5) is 15.8. The van der Waals surface area contributed by atoms with Gasteiger partial charge in [0.1, 0.15) is 0 Å². The van der Waals surface area contributed by atoms with Gasteiger partial charge < -0.3 is 15.1 Å². The molecule has 2 N–H and O–H groups in total. The molecule has 0 radical (unpaired) electrons. The molecule has 5 nitrogen and oxygen atoms in total. The zero-order valence-electron chi connectivity index (χ0n) is 7.53. The Morgan fingerprint density at radius 3 is 2.71 bits per heavy atom. The van der Waals surface area contributed by atoms with E-state index in [-0.39, 0.29) is 18.2 Å². The van der Waals surface area contributed by atoms with Crippen LogP contribution in [0.3, 0.4) is 0 Å². The summed E-state index contributed by atoms with van der Waals surface area (Å²) in [6, 6.07) is 1.30. The Balaban J connectivity index is 2.81. The van der Waals surface area contributed by atoms with Gasteiger partial charge in [0.2, 0.25) is 11.8 Å². The Morgan fingerprint density at radius 1 is 1.64 bits per heavy atom. The van der Waals surface area contributed by atoms with Gasteiger partial charge in [-0.3, -0.25) is 0 Å². The minimum atomic E-state index is -0.495. The summed E-state index contributed by atoms with van der Waals surface area (Å²) in [7, 11) is 0. The fourth-order valence-electron chi connectivity index (χ4n) is 0.884.